The number of morpholine rings is 1. The smallest absolute Gasteiger partial charge is 0.118 e. The van der Waals surface area contributed by atoms with E-state index in [1.165, 1.54) is 22.1 Å². The number of pyridine rings is 2. The summed E-state index contributed by atoms with van der Waals surface area (Å²) in [5.74, 6) is 0.876. The Labute approximate surface area is 188 Å². The Balaban J connectivity index is 1.25. The van der Waals surface area contributed by atoms with Crippen molar-refractivity contribution in [2.75, 3.05) is 26.8 Å². The van der Waals surface area contributed by atoms with Crippen molar-refractivity contribution < 1.29 is 9.47 Å². The van der Waals surface area contributed by atoms with Crippen molar-refractivity contribution in [1.82, 2.24) is 14.9 Å². The van der Waals surface area contributed by atoms with Gasteiger partial charge in [0.2, 0.25) is 0 Å². The molecule has 4 aromatic rings. The summed E-state index contributed by atoms with van der Waals surface area (Å²) in [6.45, 7) is 3.35. The summed E-state index contributed by atoms with van der Waals surface area (Å²) in [4.78, 5) is 11.7. The van der Waals surface area contributed by atoms with E-state index in [1.54, 1.807) is 7.11 Å². The maximum absolute atomic E-state index is 6.07. The Morgan fingerprint density at radius 1 is 0.969 bits per heavy atom. The first-order valence-corrected chi connectivity index (χ1v) is 11.0. The van der Waals surface area contributed by atoms with E-state index in [0.29, 0.717) is 6.61 Å². The van der Waals surface area contributed by atoms with E-state index >= 15 is 0 Å². The molecular formula is C27H27N3O2. The maximum Gasteiger partial charge on any atom is 0.118 e. The van der Waals surface area contributed by atoms with Gasteiger partial charge in [-0.1, -0.05) is 36.4 Å². The van der Waals surface area contributed by atoms with Gasteiger partial charge in [0, 0.05) is 37.4 Å². The van der Waals surface area contributed by atoms with Crippen molar-refractivity contribution in [1.29, 1.82) is 0 Å². The Morgan fingerprint density at radius 3 is 2.62 bits per heavy atom. The quantitative estimate of drug-likeness (QED) is 0.444. The van der Waals surface area contributed by atoms with Crippen molar-refractivity contribution >= 4 is 10.9 Å². The molecule has 0 spiro atoms. The van der Waals surface area contributed by atoms with E-state index in [9.17, 15) is 0 Å². The van der Waals surface area contributed by atoms with Gasteiger partial charge < -0.3 is 9.47 Å². The molecule has 0 saturated carbocycles. The molecule has 2 aromatic carbocycles. The van der Waals surface area contributed by atoms with Gasteiger partial charge in [-0.15, -0.1) is 0 Å². The minimum Gasteiger partial charge on any atom is -0.497 e. The van der Waals surface area contributed by atoms with Crippen LogP contribution >= 0.6 is 0 Å². The van der Waals surface area contributed by atoms with Gasteiger partial charge >= 0.3 is 0 Å². The molecule has 0 bridgehead atoms. The zero-order chi connectivity index (χ0) is 21.8. The van der Waals surface area contributed by atoms with Gasteiger partial charge in [0.1, 0.15) is 11.9 Å². The van der Waals surface area contributed by atoms with Gasteiger partial charge in [-0.2, -0.15) is 0 Å². The number of rotatable bonds is 6. The van der Waals surface area contributed by atoms with Gasteiger partial charge in [-0.05, 0) is 53.4 Å². The molecule has 1 aliphatic heterocycles. The number of aromatic nitrogens is 2. The molecule has 0 amide bonds. The van der Waals surface area contributed by atoms with E-state index in [1.807, 2.05) is 30.6 Å². The third-order valence-electron chi connectivity index (χ3n) is 6.03. The van der Waals surface area contributed by atoms with E-state index in [4.69, 9.17) is 14.5 Å². The maximum atomic E-state index is 6.07. The van der Waals surface area contributed by atoms with Crippen molar-refractivity contribution in [3.63, 3.8) is 0 Å². The average molecular weight is 426 g/mol. The highest BCUT2D eigenvalue weighted by atomic mass is 16.5. The average Bonchev–Trinajstić information content (AvgIpc) is 2.85. The summed E-state index contributed by atoms with van der Waals surface area (Å²) in [5, 5.41) is 1.22. The predicted molar refractivity (Wildman–Crippen MR) is 126 cm³/mol. The number of hydrogen-bond acceptors (Lipinski definition) is 5. The second kappa shape index (κ2) is 9.47. The summed E-state index contributed by atoms with van der Waals surface area (Å²) in [5.41, 5.74) is 5.77. The van der Waals surface area contributed by atoms with Gasteiger partial charge in [0.25, 0.3) is 0 Å². The largest absolute Gasteiger partial charge is 0.497 e. The Bertz CT molecular complexity index is 1170. The summed E-state index contributed by atoms with van der Waals surface area (Å²) in [6, 6.07) is 22.9. The van der Waals surface area contributed by atoms with Crippen LogP contribution in [0.15, 0.2) is 79.1 Å². The third kappa shape index (κ3) is 4.64. The van der Waals surface area contributed by atoms with Crippen LogP contribution in [0, 0.1) is 0 Å². The lowest BCUT2D eigenvalue weighted by atomic mass is 10.1. The van der Waals surface area contributed by atoms with Crippen LogP contribution in [-0.4, -0.2) is 41.7 Å². The van der Waals surface area contributed by atoms with Crippen LogP contribution in [0.2, 0.25) is 0 Å². The van der Waals surface area contributed by atoms with E-state index < -0.39 is 0 Å². The van der Waals surface area contributed by atoms with Crippen LogP contribution in [0.4, 0.5) is 0 Å². The molecule has 0 aliphatic carbocycles. The zero-order valence-electron chi connectivity index (χ0n) is 18.3. The van der Waals surface area contributed by atoms with Crippen LogP contribution in [0.3, 0.4) is 0 Å². The second-order valence-electron chi connectivity index (χ2n) is 8.20. The molecule has 0 N–H and O–H groups in total. The topological polar surface area (TPSA) is 47.5 Å². The lowest BCUT2D eigenvalue weighted by molar-refractivity contribution is -0.0348. The fraction of sp³-hybridized carbons (Fsp3) is 0.259. The summed E-state index contributed by atoms with van der Waals surface area (Å²) in [6.07, 6.45) is 4.72. The highest BCUT2D eigenvalue weighted by Crippen LogP contribution is 2.24. The number of para-hydroxylation sites is 1. The van der Waals surface area contributed by atoms with Crippen molar-refractivity contribution in [3.8, 4) is 5.75 Å². The van der Waals surface area contributed by atoms with E-state index in [0.717, 1.165) is 43.0 Å². The van der Waals surface area contributed by atoms with Crippen molar-refractivity contribution in [2.45, 2.75) is 19.1 Å². The molecule has 1 unspecified atom stereocenters. The summed E-state index contributed by atoms with van der Waals surface area (Å²) < 4.78 is 11.3. The standard InChI is InChI=1S/C27H27N3O2/c1-31-23-9-6-20(7-10-23)16-21-8-11-26(29-17-21)27-19-30(14-15-32-27)18-22-12-13-28-25-5-3-2-4-24(22)25/h2-13,17,27H,14-16,18-19H2,1H3. The molecule has 5 heteroatoms. The lowest BCUT2D eigenvalue weighted by Gasteiger charge is -2.33. The molecule has 162 valence electrons. The van der Waals surface area contributed by atoms with Crippen LogP contribution in [0.25, 0.3) is 10.9 Å². The number of nitrogens with zero attached hydrogens (tertiary/aromatic N) is 3. The third-order valence-corrected chi connectivity index (χ3v) is 6.03. The first kappa shape index (κ1) is 20.6. The Morgan fingerprint density at radius 2 is 1.81 bits per heavy atom. The zero-order valence-corrected chi connectivity index (χ0v) is 18.3. The van der Waals surface area contributed by atoms with Crippen LogP contribution in [-0.2, 0) is 17.7 Å². The first-order chi connectivity index (χ1) is 15.8. The number of fused-ring (bicyclic) bond motifs is 1. The van der Waals surface area contributed by atoms with Crippen LogP contribution < -0.4 is 4.74 Å². The minimum absolute atomic E-state index is 0.00751. The monoisotopic (exact) mass is 425 g/mol. The minimum atomic E-state index is -0.00751. The van der Waals surface area contributed by atoms with E-state index in [2.05, 4.69) is 58.4 Å². The van der Waals surface area contributed by atoms with Crippen molar-refractivity contribution in [2.24, 2.45) is 0 Å². The summed E-state index contributed by atoms with van der Waals surface area (Å²) >= 11 is 0. The fourth-order valence-corrected chi connectivity index (χ4v) is 4.27. The van der Waals surface area contributed by atoms with Crippen molar-refractivity contribution in [3.05, 3.63) is 102 Å². The molecule has 32 heavy (non-hydrogen) atoms. The molecular weight excluding hydrogens is 398 g/mol. The predicted octanol–water partition coefficient (Wildman–Crippen LogP) is 4.80. The fourth-order valence-electron chi connectivity index (χ4n) is 4.27. The molecule has 1 atom stereocenters. The number of methoxy groups -OCH3 is 1. The molecule has 1 fully saturated rings. The Hall–Kier alpha value is -3.28. The molecule has 1 aliphatic rings. The molecule has 3 heterocycles. The molecule has 0 radical (unpaired) electrons. The molecule has 1 saturated heterocycles. The van der Waals surface area contributed by atoms with Gasteiger partial charge in [-0.25, -0.2) is 0 Å². The molecule has 5 nitrogen and oxygen atoms in total. The first-order valence-electron chi connectivity index (χ1n) is 11.0. The van der Waals surface area contributed by atoms with Crippen LogP contribution in [0.1, 0.15) is 28.5 Å². The summed E-state index contributed by atoms with van der Waals surface area (Å²) in [7, 11) is 1.69. The Kier molecular flexibility index (Phi) is 6.10. The van der Waals surface area contributed by atoms with Crippen LogP contribution in [0.5, 0.6) is 5.75 Å². The number of ether oxygens (including phenoxy) is 2. The molecule has 5 rings (SSSR count). The second-order valence-corrected chi connectivity index (χ2v) is 8.20. The van der Waals surface area contributed by atoms with Gasteiger partial charge in [-0.3, -0.25) is 14.9 Å². The molecule has 2 aromatic heterocycles. The lowest BCUT2D eigenvalue weighted by Crippen LogP contribution is -2.38. The highest BCUT2D eigenvalue weighted by molar-refractivity contribution is 5.81. The normalized spacial score (nSPS) is 16.8. The van der Waals surface area contributed by atoms with E-state index in [-0.39, 0.29) is 6.10 Å². The van der Waals surface area contributed by atoms with Gasteiger partial charge in [0.15, 0.2) is 0 Å². The highest BCUT2D eigenvalue weighted by Gasteiger charge is 2.23. The van der Waals surface area contributed by atoms with Gasteiger partial charge in [0.05, 0.1) is 24.9 Å². The number of benzene rings is 2. The SMILES string of the molecule is COc1ccc(Cc2ccc(C3CN(Cc4ccnc5ccccc45)CCO3)nc2)cc1. The number of hydrogen-bond donors (Lipinski definition) is 0.